The Morgan fingerprint density at radius 1 is 0.771 bits per heavy atom. The van der Waals surface area contributed by atoms with Crippen molar-refractivity contribution in [2.75, 3.05) is 19.8 Å². The van der Waals surface area contributed by atoms with E-state index in [0.717, 1.165) is 11.1 Å². The molecule has 2 aromatic rings. The molecule has 0 saturated heterocycles. The SMILES string of the molecule is CC(COCCOC(C)c1ccc(C(=O)C(C)(C)O)cc1)OCc1ccc(C(=O)C(C)(C)O)cc1. The van der Waals surface area contributed by atoms with E-state index in [4.69, 9.17) is 14.2 Å². The fourth-order valence-corrected chi connectivity index (χ4v) is 3.28. The van der Waals surface area contributed by atoms with Gasteiger partial charge in [0.2, 0.25) is 0 Å². The number of hydrogen-bond acceptors (Lipinski definition) is 7. The van der Waals surface area contributed by atoms with E-state index in [0.29, 0.717) is 37.6 Å². The van der Waals surface area contributed by atoms with Crippen LogP contribution in [0.3, 0.4) is 0 Å². The molecule has 0 aromatic heterocycles. The molecule has 0 aliphatic rings. The van der Waals surface area contributed by atoms with Crippen molar-refractivity contribution in [3.05, 3.63) is 70.8 Å². The molecule has 0 amide bonds. The molecule has 0 aliphatic carbocycles. The lowest BCUT2D eigenvalue weighted by molar-refractivity contribution is -0.0387. The van der Waals surface area contributed by atoms with Gasteiger partial charge in [-0.2, -0.15) is 0 Å². The smallest absolute Gasteiger partial charge is 0.193 e. The van der Waals surface area contributed by atoms with E-state index in [9.17, 15) is 19.8 Å². The number of carbonyl (C=O) groups is 2. The van der Waals surface area contributed by atoms with Crippen LogP contribution in [0.5, 0.6) is 0 Å². The number of ether oxygens (including phenoxy) is 3. The first kappa shape index (κ1) is 28.8. The van der Waals surface area contributed by atoms with Gasteiger partial charge in [0.15, 0.2) is 11.6 Å². The molecule has 2 aromatic carbocycles. The normalized spacial score (nSPS) is 13.9. The first-order valence-corrected chi connectivity index (χ1v) is 11.8. The van der Waals surface area contributed by atoms with Crippen LogP contribution in [0.15, 0.2) is 48.5 Å². The van der Waals surface area contributed by atoms with Gasteiger partial charge >= 0.3 is 0 Å². The highest BCUT2D eigenvalue weighted by Gasteiger charge is 2.26. The molecule has 2 unspecified atom stereocenters. The van der Waals surface area contributed by atoms with Gasteiger partial charge in [-0.25, -0.2) is 0 Å². The van der Waals surface area contributed by atoms with Crippen LogP contribution in [0.2, 0.25) is 0 Å². The van der Waals surface area contributed by atoms with Gasteiger partial charge in [0, 0.05) is 11.1 Å². The van der Waals surface area contributed by atoms with Crippen molar-refractivity contribution in [2.24, 2.45) is 0 Å². The van der Waals surface area contributed by atoms with Gasteiger partial charge in [-0.3, -0.25) is 9.59 Å². The summed E-state index contributed by atoms with van der Waals surface area (Å²) in [4.78, 5) is 24.2. The average Bonchev–Trinajstić information content (AvgIpc) is 2.80. The van der Waals surface area contributed by atoms with Crippen LogP contribution >= 0.6 is 0 Å². The van der Waals surface area contributed by atoms with Gasteiger partial charge in [0.25, 0.3) is 0 Å². The van der Waals surface area contributed by atoms with Crippen LogP contribution in [0.4, 0.5) is 0 Å². The van der Waals surface area contributed by atoms with Gasteiger partial charge in [-0.1, -0.05) is 48.5 Å². The zero-order valence-corrected chi connectivity index (χ0v) is 21.5. The maximum atomic E-state index is 12.1. The number of ketones is 2. The minimum absolute atomic E-state index is 0.119. The molecule has 7 nitrogen and oxygen atoms in total. The summed E-state index contributed by atoms with van der Waals surface area (Å²) in [6.45, 7) is 11.4. The average molecular weight is 487 g/mol. The maximum Gasteiger partial charge on any atom is 0.193 e. The predicted molar refractivity (Wildman–Crippen MR) is 134 cm³/mol. The van der Waals surface area contributed by atoms with Crippen molar-refractivity contribution in [3.63, 3.8) is 0 Å². The second-order valence-corrected chi connectivity index (χ2v) is 9.80. The van der Waals surface area contributed by atoms with Gasteiger partial charge in [0.05, 0.1) is 38.6 Å². The molecule has 192 valence electrons. The van der Waals surface area contributed by atoms with Crippen LogP contribution in [0.25, 0.3) is 0 Å². The summed E-state index contributed by atoms with van der Waals surface area (Å²) in [5.74, 6) is -0.638. The zero-order chi connectivity index (χ0) is 26.2. The molecule has 7 heteroatoms. The number of hydrogen-bond donors (Lipinski definition) is 2. The fourth-order valence-electron chi connectivity index (χ4n) is 3.28. The number of carbonyl (C=O) groups excluding carboxylic acids is 2. The van der Waals surface area contributed by atoms with E-state index >= 15 is 0 Å². The Bertz CT molecular complexity index is 951. The summed E-state index contributed by atoms with van der Waals surface area (Å²) in [5, 5.41) is 19.7. The minimum atomic E-state index is -1.40. The topological polar surface area (TPSA) is 102 Å². The van der Waals surface area contributed by atoms with Crippen LogP contribution in [-0.4, -0.2) is 58.9 Å². The van der Waals surface area contributed by atoms with Crippen LogP contribution in [-0.2, 0) is 20.8 Å². The quantitative estimate of drug-likeness (QED) is 0.303. The third-order valence-electron chi connectivity index (χ3n) is 5.45. The summed E-state index contributed by atoms with van der Waals surface area (Å²) >= 11 is 0. The minimum Gasteiger partial charge on any atom is -0.382 e. The Morgan fingerprint density at radius 3 is 1.74 bits per heavy atom. The molecule has 0 fully saturated rings. The Hall–Kier alpha value is -2.42. The van der Waals surface area contributed by atoms with Gasteiger partial charge < -0.3 is 24.4 Å². The largest absolute Gasteiger partial charge is 0.382 e. The first-order valence-electron chi connectivity index (χ1n) is 11.8. The second kappa shape index (κ2) is 12.5. The molecular formula is C28H38O7. The lowest BCUT2D eigenvalue weighted by Gasteiger charge is -2.18. The summed E-state index contributed by atoms with van der Waals surface area (Å²) in [7, 11) is 0. The highest BCUT2D eigenvalue weighted by molar-refractivity contribution is 6.02. The van der Waals surface area contributed by atoms with Crippen LogP contribution in [0, 0.1) is 0 Å². The number of rotatable bonds is 14. The lowest BCUT2D eigenvalue weighted by atomic mass is 9.95. The Kier molecular flexibility index (Phi) is 10.3. The molecule has 0 spiro atoms. The van der Waals surface area contributed by atoms with E-state index in [-0.39, 0.29) is 23.8 Å². The lowest BCUT2D eigenvalue weighted by Crippen LogP contribution is -2.31. The summed E-state index contributed by atoms with van der Waals surface area (Å²) in [5.41, 5.74) is -0.00527. The molecule has 0 heterocycles. The molecule has 2 atom stereocenters. The monoisotopic (exact) mass is 486 g/mol. The van der Waals surface area contributed by atoms with Crippen molar-refractivity contribution < 1.29 is 34.0 Å². The van der Waals surface area contributed by atoms with Gasteiger partial charge in [-0.15, -0.1) is 0 Å². The second-order valence-electron chi connectivity index (χ2n) is 9.80. The van der Waals surface area contributed by atoms with Crippen LogP contribution in [0.1, 0.15) is 79.5 Å². The number of Topliss-reactive ketones (excluding diaryl/α,β-unsaturated/α-hetero) is 2. The highest BCUT2D eigenvalue weighted by Crippen LogP contribution is 2.20. The molecule has 0 aliphatic heterocycles. The molecular weight excluding hydrogens is 448 g/mol. The Labute approximate surface area is 208 Å². The van der Waals surface area contributed by atoms with Crippen molar-refractivity contribution >= 4 is 11.6 Å². The number of benzene rings is 2. The molecule has 35 heavy (non-hydrogen) atoms. The summed E-state index contributed by atoms with van der Waals surface area (Å²) < 4.78 is 17.3. The predicted octanol–water partition coefficient (Wildman–Crippen LogP) is 4.29. The zero-order valence-electron chi connectivity index (χ0n) is 21.5. The molecule has 0 radical (unpaired) electrons. The fraction of sp³-hybridized carbons (Fsp3) is 0.500. The number of aliphatic hydroxyl groups is 2. The third kappa shape index (κ3) is 9.28. The third-order valence-corrected chi connectivity index (χ3v) is 5.45. The van der Waals surface area contributed by atoms with E-state index in [1.807, 2.05) is 38.1 Å². The van der Waals surface area contributed by atoms with Crippen molar-refractivity contribution in [1.29, 1.82) is 0 Å². The van der Waals surface area contributed by atoms with Gasteiger partial charge in [0.1, 0.15) is 11.2 Å². The van der Waals surface area contributed by atoms with E-state index in [1.54, 1.807) is 24.3 Å². The molecule has 0 bridgehead atoms. The van der Waals surface area contributed by atoms with Crippen LogP contribution < -0.4 is 0 Å². The Balaban J connectivity index is 1.66. The summed E-state index contributed by atoms with van der Waals surface area (Å²) in [6.07, 6.45) is -0.282. The highest BCUT2D eigenvalue weighted by atomic mass is 16.5. The summed E-state index contributed by atoms with van der Waals surface area (Å²) in [6, 6.07) is 14.1. The van der Waals surface area contributed by atoms with Crippen molar-refractivity contribution in [2.45, 2.75) is 71.6 Å². The maximum absolute atomic E-state index is 12.1. The van der Waals surface area contributed by atoms with Crippen molar-refractivity contribution in [3.8, 4) is 0 Å². The molecule has 0 saturated carbocycles. The Morgan fingerprint density at radius 2 is 1.26 bits per heavy atom. The van der Waals surface area contributed by atoms with Gasteiger partial charge in [-0.05, 0) is 52.7 Å². The first-order chi connectivity index (χ1) is 16.3. The van der Waals surface area contributed by atoms with Crippen molar-refractivity contribution in [1.82, 2.24) is 0 Å². The van der Waals surface area contributed by atoms with E-state index < -0.39 is 11.2 Å². The standard InChI is InChI=1S/C28H38O7/c1-19(35-18-21-7-9-23(10-8-21)25(29)27(3,4)31)17-33-15-16-34-20(2)22-11-13-24(14-12-22)26(30)28(5,6)32/h7-14,19-20,31-32H,15-18H2,1-6H3. The molecule has 2 rings (SSSR count). The molecule has 2 N–H and O–H groups in total. The van der Waals surface area contributed by atoms with E-state index in [1.165, 1.54) is 27.7 Å². The van der Waals surface area contributed by atoms with E-state index in [2.05, 4.69) is 0 Å².